The van der Waals surface area contributed by atoms with E-state index in [2.05, 4.69) is 13.8 Å². The molecule has 5 rings (SSSR count). The molecule has 2 saturated heterocycles. The van der Waals surface area contributed by atoms with Gasteiger partial charge in [-0.05, 0) is 79.0 Å². The van der Waals surface area contributed by atoms with Crippen molar-refractivity contribution >= 4 is 47.8 Å². The molecule has 1 aliphatic carbocycles. The molecule has 2 fully saturated rings. The molecule has 0 bridgehead atoms. The second-order valence-corrected chi connectivity index (χ2v) is 11.5. The molecule has 39 heavy (non-hydrogen) atoms. The Kier molecular flexibility index (Phi) is 7.75. The van der Waals surface area contributed by atoms with Crippen LogP contribution in [0.25, 0.3) is 6.08 Å². The summed E-state index contributed by atoms with van der Waals surface area (Å²) in [6.07, 6.45) is 3.93. The number of ether oxygens (including phenoxy) is 1. The van der Waals surface area contributed by atoms with Gasteiger partial charge in [-0.25, -0.2) is 0 Å². The Bertz CT molecular complexity index is 1370. The van der Waals surface area contributed by atoms with Crippen molar-refractivity contribution in [3.05, 3.63) is 69.8 Å². The molecule has 2 aromatic rings. The highest BCUT2D eigenvalue weighted by Crippen LogP contribution is 2.51. The van der Waals surface area contributed by atoms with E-state index >= 15 is 0 Å². The molecule has 0 saturated carbocycles. The number of nitrogens with zero attached hydrogens (tertiary/aromatic N) is 1. The first kappa shape index (κ1) is 27.7. The van der Waals surface area contributed by atoms with Gasteiger partial charge in [-0.15, -0.1) is 0 Å². The van der Waals surface area contributed by atoms with Gasteiger partial charge in [0.1, 0.15) is 5.75 Å². The third kappa shape index (κ3) is 5.19. The second kappa shape index (κ2) is 10.9. The van der Waals surface area contributed by atoms with Crippen LogP contribution in [0.2, 0.25) is 5.02 Å². The van der Waals surface area contributed by atoms with E-state index in [1.54, 1.807) is 30.3 Å². The molecule has 2 amide bonds. The van der Waals surface area contributed by atoms with Gasteiger partial charge in [0.25, 0.3) is 0 Å². The Hall–Kier alpha value is -2.91. The molecule has 2 aromatic carbocycles. The lowest BCUT2D eigenvalue weighted by Gasteiger charge is -2.33. The first-order valence-corrected chi connectivity index (χ1v) is 13.8. The van der Waals surface area contributed by atoms with Crippen molar-refractivity contribution in [2.45, 2.75) is 46.1 Å². The molecule has 204 valence electrons. The molecular formula is C30H33BClNO6. The summed E-state index contributed by atoms with van der Waals surface area (Å²) in [5.41, 5.74) is 4.93. The van der Waals surface area contributed by atoms with Crippen LogP contribution in [0.4, 0.5) is 5.69 Å². The van der Waals surface area contributed by atoms with E-state index in [4.69, 9.17) is 16.3 Å². The van der Waals surface area contributed by atoms with E-state index in [-0.39, 0.29) is 41.0 Å². The number of carbonyl (C=O) groups is 2. The first-order chi connectivity index (χ1) is 18.6. The summed E-state index contributed by atoms with van der Waals surface area (Å²) in [4.78, 5) is 28.6. The van der Waals surface area contributed by atoms with E-state index in [0.717, 1.165) is 24.0 Å². The topological polar surface area (TPSA) is 107 Å². The number of aromatic hydroxyl groups is 1. The van der Waals surface area contributed by atoms with Crippen LogP contribution in [0.15, 0.2) is 59.2 Å². The number of benzene rings is 2. The molecule has 0 aromatic heterocycles. The number of phenolic OH excluding ortho intramolecular Hbond substituents is 1. The molecule has 3 aliphatic rings. The van der Waals surface area contributed by atoms with Gasteiger partial charge in [0.05, 0.1) is 35.3 Å². The number of carbonyl (C=O) groups excluding carboxylic acids is 2. The molecule has 7 nitrogen and oxygen atoms in total. The number of imide groups is 1. The Labute approximate surface area is 233 Å². The van der Waals surface area contributed by atoms with E-state index in [1.165, 1.54) is 28.2 Å². The fraction of sp³-hybridized carbons (Fsp3) is 0.400. The van der Waals surface area contributed by atoms with Crippen LogP contribution in [-0.2, 0) is 14.3 Å². The normalized spacial score (nSPS) is 25.0. The van der Waals surface area contributed by atoms with Crippen LogP contribution in [0.1, 0.15) is 45.6 Å². The summed E-state index contributed by atoms with van der Waals surface area (Å²) in [6.45, 7) is 6.68. The number of halogens is 1. The molecule has 4 atom stereocenters. The fourth-order valence-electron chi connectivity index (χ4n) is 6.37. The maximum atomic E-state index is 13.7. The molecule has 2 heterocycles. The third-order valence-electron chi connectivity index (χ3n) is 8.25. The van der Waals surface area contributed by atoms with E-state index < -0.39 is 19.0 Å². The summed E-state index contributed by atoms with van der Waals surface area (Å²) in [5, 5.41) is 29.3. The predicted octanol–water partition coefficient (Wildman–Crippen LogP) is 4.09. The van der Waals surface area contributed by atoms with Crippen molar-refractivity contribution in [1.29, 1.82) is 0 Å². The van der Waals surface area contributed by atoms with E-state index in [1.807, 2.05) is 13.0 Å². The summed E-state index contributed by atoms with van der Waals surface area (Å²) >= 11 is 6.28. The van der Waals surface area contributed by atoms with Crippen LogP contribution in [0.3, 0.4) is 0 Å². The number of phenols is 1. The molecule has 3 N–H and O–H groups in total. The minimum atomic E-state index is -1.69. The van der Waals surface area contributed by atoms with Gasteiger partial charge in [0, 0.05) is 5.92 Å². The zero-order valence-corrected chi connectivity index (χ0v) is 23.1. The van der Waals surface area contributed by atoms with E-state index in [0.29, 0.717) is 23.7 Å². The van der Waals surface area contributed by atoms with Gasteiger partial charge in [-0.3, -0.25) is 14.5 Å². The second-order valence-electron chi connectivity index (χ2n) is 11.1. The smallest absolute Gasteiger partial charge is 0.488 e. The van der Waals surface area contributed by atoms with Crippen LogP contribution >= 0.6 is 11.6 Å². The highest BCUT2D eigenvalue weighted by Gasteiger charge is 2.57. The Morgan fingerprint density at radius 3 is 2.62 bits per heavy atom. The Morgan fingerprint density at radius 1 is 1.15 bits per heavy atom. The lowest BCUT2D eigenvalue weighted by molar-refractivity contribution is -0.122. The summed E-state index contributed by atoms with van der Waals surface area (Å²) < 4.78 is 6.31. The zero-order chi connectivity index (χ0) is 28.0. The minimum absolute atomic E-state index is 0.126. The van der Waals surface area contributed by atoms with Crippen molar-refractivity contribution in [2.75, 3.05) is 11.5 Å². The number of anilines is 1. The van der Waals surface area contributed by atoms with Gasteiger partial charge in [-0.2, -0.15) is 0 Å². The van der Waals surface area contributed by atoms with Crippen molar-refractivity contribution in [3.8, 4) is 5.75 Å². The van der Waals surface area contributed by atoms with Crippen LogP contribution in [0.5, 0.6) is 5.75 Å². The largest absolute Gasteiger partial charge is 0.508 e. The molecular weight excluding hydrogens is 517 g/mol. The Balaban J connectivity index is 1.39. The Morgan fingerprint density at radius 2 is 1.92 bits per heavy atom. The first-order valence-electron chi connectivity index (χ1n) is 13.4. The molecule has 0 spiro atoms. The highest BCUT2D eigenvalue weighted by molar-refractivity contribution is 6.58. The SMILES string of the molecule is C/C(=C\c1ccc(O)cc1Cl)CC[C@H]1OC[C@H]2C1=C(C(C)C)C[C@H]1C(=O)N(c3cccc(B(O)O)c3)C(=O)[C@H]12. The van der Waals surface area contributed by atoms with Crippen molar-refractivity contribution in [2.24, 2.45) is 23.7 Å². The molecule has 2 aliphatic heterocycles. The van der Waals surface area contributed by atoms with E-state index in [9.17, 15) is 24.7 Å². The standard InChI is InChI=1S/C30H33BClNO6/c1-16(2)22-14-23-28(30(36)33(29(23)35)20-6-4-5-19(12-20)31(37)38)24-15-39-26(27(22)24)10-7-17(3)11-18-8-9-21(34)13-25(18)32/h4-6,8-9,11-13,16,23-24,26,28,34,37-38H,7,10,14-15H2,1-3H3/b17-11+/t23-,24+,26-,28-/m1/s1. The summed E-state index contributed by atoms with van der Waals surface area (Å²) in [7, 11) is -1.69. The number of fused-ring (bicyclic) bond motifs is 3. The number of allylic oxidation sites excluding steroid dienone is 2. The lowest BCUT2D eigenvalue weighted by atomic mass is 9.67. The summed E-state index contributed by atoms with van der Waals surface area (Å²) in [5.74, 6) is -1.25. The number of amides is 2. The zero-order valence-electron chi connectivity index (χ0n) is 22.3. The molecule has 9 heteroatoms. The number of hydrogen-bond acceptors (Lipinski definition) is 6. The van der Waals surface area contributed by atoms with Gasteiger partial charge in [-0.1, -0.05) is 54.8 Å². The number of rotatable bonds is 7. The molecule has 0 radical (unpaired) electrons. The maximum absolute atomic E-state index is 13.7. The van der Waals surface area contributed by atoms with Gasteiger partial charge in [0.2, 0.25) is 11.8 Å². The average Bonchev–Trinajstić information content (AvgIpc) is 3.42. The monoisotopic (exact) mass is 549 g/mol. The molecule has 0 unspecified atom stereocenters. The fourth-order valence-corrected chi connectivity index (χ4v) is 6.60. The van der Waals surface area contributed by atoms with Crippen molar-refractivity contribution < 1.29 is 29.5 Å². The van der Waals surface area contributed by atoms with Crippen molar-refractivity contribution in [3.63, 3.8) is 0 Å². The van der Waals surface area contributed by atoms with Crippen LogP contribution in [-0.4, -0.2) is 46.8 Å². The lowest BCUT2D eigenvalue weighted by Crippen LogP contribution is -2.36. The quantitative estimate of drug-likeness (QED) is 0.273. The average molecular weight is 550 g/mol. The predicted molar refractivity (Wildman–Crippen MR) is 151 cm³/mol. The van der Waals surface area contributed by atoms with Gasteiger partial charge < -0.3 is 19.9 Å². The van der Waals surface area contributed by atoms with Crippen LogP contribution in [0, 0.1) is 23.7 Å². The van der Waals surface area contributed by atoms with Gasteiger partial charge in [0.15, 0.2) is 0 Å². The minimum Gasteiger partial charge on any atom is -0.508 e. The summed E-state index contributed by atoms with van der Waals surface area (Å²) in [6, 6.07) is 11.2. The highest BCUT2D eigenvalue weighted by atomic mass is 35.5. The third-order valence-corrected chi connectivity index (χ3v) is 8.58. The van der Waals surface area contributed by atoms with Crippen molar-refractivity contribution in [1.82, 2.24) is 0 Å². The maximum Gasteiger partial charge on any atom is 0.488 e. The van der Waals surface area contributed by atoms with Crippen LogP contribution < -0.4 is 10.4 Å². The number of hydrogen-bond donors (Lipinski definition) is 3. The van der Waals surface area contributed by atoms with Gasteiger partial charge >= 0.3 is 7.12 Å².